The van der Waals surface area contributed by atoms with Crippen molar-refractivity contribution in [2.24, 2.45) is 0 Å². The van der Waals surface area contributed by atoms with Gasteiger partial charge in [0.25, 0.3) is 5.91 Å². The molecule has 0 radical (unpaired) electrons. The van der Waals surface area contributed by atoms with Gasteiger partial charge in [0.15, 0.2) is 0 Å². The van der Waals surface area contributed by atoms with E-state index in [2.05, 4.69) is 10.3 Å². The number of aryl methyl sites for hydroxylation is 1. The Morgan fingerprint density at radius 2 is 1.96 bits per heavy atom. The van der Waals surface area contributed by atoms with Gasteiger partial charge in [-0.1, -0.05) is 24.3 Å². The Kier molecular flexibility index (Phi) is 6.71. The number of benzene rings is 2. The largest absolute Gasteiger partial charge is 0.489 e. The molecule has 3 aromatic rings. The zero-order valence-corrected chi connectivity index (χ0v) is 17.1. The smallest absolute Gasteiger partial charge is 0.252 e. The summed E-state index contributed by atoms with van der Waals surface area (Å²) < 4.78 is 5.79. The van der Waals surface area contributed by atoms with E-state index in [9.17, 15) is 4.79 Å². The van der Waals surface area contributed by atoms with Crippen LogP contribution in [0, 0.1) is 6.92 Å². The van der Waals surface area contributed by atoms with E-state index in [0.717, 1.165) is 32.9 Å². The first-order valence-electron chi connectivity index (χ1n) is 9.14. The minimum absolute atomic E-state index is 0.0576. The second kappa shape index (κ2) is 9.42. The summed E-state index contributed by atoms with van der Waals surface area (Å²) >= 11 is 1.63. The van der Waals surface area contributed by atoms with E-state index in [1.165, 1.54) is 0 Å². The highest BCUT2D eigenvalue weighted by Gasteiger charge is 2.14. The normalized spacial score (nSPS) is 11.7. The number of rotatable bonds is 7. The Hall–Kier alpha value is -2.79. The third-order valence-electron chi connectivity index (χ3n) is 4.55. The van der Waals surface area contributed by atoms with Crippen LogP contribution in [0.25, 0.3) is 0 Å². The molecule has 1 amide bonds. The summed E-state index contributed by atoms with van der Waals surface area (Å²) in [6.07, 6.45) is 5.54. The molecule has 0 aliphatic heterocycles. The first-order chi connectivity index (χ1) is 13.6. The summed E-state index contributed by atoms with van der Waals surface area (Å²) in [6.45, 7) is 4.42. The number of aromatic nitrogens is 1. The Balaban J connectivity index is 1.61. The molecule has 0 fully saturated rings. The molecule has 0 aliphatic rings. The molecule has 28 heavy (non-hydrogen) atoms. The fraction of sp³-hybridized carbons (Fsp3) is 0.217. The number of ether oxygens (including phenoxy) is 1. The molecule has 1 N–H and O–H groups in total. The van der Waals surface area contributed by atoms with E-state index in [1.54, 1.807) is 24.2 Å². The van der Waals surface area contributed by atoms with Crippen molar-refractivity contribution in [1.82, 2.24) is 10.3 Å². The molecule has 0 spiro atoms. The summed E-state index contributed by atoms with van der Waals surface area (Å²) in [5, 5.41) is 3.08. The summed E-state index contributed by atoms with van der Waals surface area (Å²) in [6, 6.07) is 17.5. The fourth-order valence-corrected chi connectivity index (χ4v) is 3.27. The molecule has 1 unspecified atom stereocenters. The van der Waals surface area contributed by atoms with Gasteiger partial charge < -0.3 is 10.1 Å². The summed E-state index contributed by atoms with van der Waals surface area (Å²) in [4.78, 5) is 17.9. The topological polar surface area (TPSA) is 51.2 Å². The molecular weight excluding hydrogens is 368 g/mol. The van der Waals surface area contributed by atoms with Gasteiger partial charge >= 0.3 is 0 Å². The maximum absolute atomic E-state index is 12.7. The SMILES string of the molecule is CSc1ccc(C)c(C(=O)NC(C)c2ccc(OCc3cccnc3)cc2)c1. The van der Waals surface area contributed by atoms with E-state index in [1.807, 2.05) is 74.7 Å². The number of carbonyl (C=O) groups excluding carboxylic acids is 1. The van der Waals surface area contributed by atoms with E-state index >= 15 is 0 Å². The van der Waals surface area contributed by atoms with Gasteiger partial charge in [0.2, 0.25) is 0 Å². The average Bonchev–Trinajstić information content (AvgIpc) is 2.73. The standard InChI is InChI=1S/C23H24N2O2S/c1-16-6-11-21(28-3)13-22(16)23(26)25-17(2)19-7-9-20(10-8-19)27-15-18-5-4-12-24-14-18/h4-14,17H,15H2,1-3H3,(H,25,26). The lowest BCUT2D eigenvalue weighted by Crippen LogP contribution is -2.27. The Morgan fingerprint density at radius 1 is 1.18 bits per heavy atom. The van der Waals surface area contributed by atoms with Crippen LogP contribution < -0.4 is 10.1 Å². The lowest BCUT2D eigenvalue weighted by molar-refractivity contribution is 0.0939. The third-order valence-corrected chi connectivity index (χ3v) is 5.27. The maximum Gasteiger partial charge on any atom is 0.252 e. The van der Waals surface area contributed by atoms with Crippen LogP contribution >= 0.6 is 11.8 Å². The van der Waals surface area contributed by atoms with E-state index in [0.29, 0.717) is 6.61 Å². The predicted molar refractivity (Wildman–Crippen MR) is 114 cm³/mol. The Labute approximate surface area is 170 Å². The van der Waals surface area contributed by atoms with Gasteiger partial charge in [0.1, 0.15) is 12.4 Å². The van der Waals surface area contributed by atoms with Crippen LogP contribution in [0.3, 0.4) is 0 Å². The molecule has 2 aromatic carbocycles. The summed E-state index contributed by atoms with van der Waals surface area (Å²) in [5.74, 6) is 0.729. The molecule has 0 bridgehead atoms. The van der Waals surface area contributed by atoms with Crippen molar-refractivity contribution in [2.75, 3.05) is 6.26 Å². The minimum Gasteiger partial charge on any atom is -0.489 e. The quantitative estimate of drug-likeness (QED) is 0.563. The lowest BCUT2D eigenvalue weighted by Gasteiger charge is -2.16. The number of carbonyl (C=O) groups is 1. The van der Waals surface area contributed by atoms with Gasteiger partial charge in [0.05, 0.1) is 6.04 Å². The van der Waals surface area contributed by atoms with E-state index < -0.39 is 0 Å². The van der Waals surface area contributed by atoms with Gasteiger partial charge in [-0.05, 0) is 61.6 Å². The molecule has 5 heteroatoms. The first kappa shape index (κ1) is 20.0. The van der Waals surface area contributed by atoms with Crippen molar-refractivity contribution in [3.05, 3.63) is 89.2 Å². The summed E-state index contributed by atoms with van der Waals surface area (Å²) in [7, 11) is 0. The molecule has 4 nitrogen and oxygen atoms in total. The molecular formula is C23H24N2O2S. The van der Waals surface area contributed by atoms with Crippen molar-refractivity contribution in [2.45, 2.75) is 31.4 Å². The molecule has 0 aliphatic carbocycles. The van der Waals surface area contributed by atoms with Crippen LogP contribution in [0.5, 0.6) is 5.75 Å². The highest BCUT2D eigenvalue weighted by molar-refractivity contribution is 7.98. The predicted octanol–water partition coefficient (Wildman–Crippen LogP) is 5.18. The van der Waals surface area contributed by atoms with Crippen LogP contribution in [-0.2, 0) is 6.61 Å². The van der Waals surface area contributed by atoms with E-state index in [-0.39, 0.29) is 11.9 Å². The minimum atomic E-state index is -0.0998. The van der Waals surface area contributed by atoms with Crippen LogP contribution in [0.2, 0.25) is 0 Å². The van der Waals surface area contributed by atoms with Crippen molar-refractivity contribution < 1.29 is 9.53 Å². The number of thioether (sulfide) groups is 1. The Bertz CT molecular complexity index is 927. The van der Waals surface area contributed by atoms with Crippen molar-refractivity contribution >= 4 is 17.7 Å². The molecule has 1 atom stereocenters. The molecule has 144 valence electrons. The first-order valence-corrected chi connectivity index (χ1v) is 10.4. The van der Waals surface area contributed by atoms with Crippen LogP contribution in [0.15, 0.2) is 71.9 Å². The highest BCUT2D eigenvalue weighted by Crippen LogP contribution is 2.22. The number of pyridine rings is 1. The zero-order valence-electron chi connectivity index (χ0n) is 16.3. The number of nitrogens with zero attached hydrogens (tertiary/aromatic N) is 1. The number of nitrogens with one attached hydrogen (secondary N) is 1. The molecule has 0 saturated heterocycles. The lowest BCUT2D eigenvalue weighted by atomic mass is 10.1. The van der Waals surface area contributed by atoms with Crippen LogP contribution in [0.1, 0.15) is 40.0 Å². The van der Waals surface area contributed by atoms with Crippen molar-refractivity contribution in [1.29, 1.82) is 0 Å². The molecule has 0 saturated carbocycles. The molecule has 1 heterocycles. The zero-order chi connectivity index (χ0) is 19.9. The van der Waals surface area contributed by atoms with Gasteiger partial charge in [-0.15, -0.1) is 11.8 Å². The highest BCUT2D eigenvalue weighted by atomic mass is 32.2. The van der Waals surface area contributed by atoms with Crippen LogP contribution in [-0.4, -0.2) is 17.1 Å². The van der Waals surface area contributed by atoms with Gasteiger partial charge in [-0.3, -0.25) is 9.78 Å². The van der Waals surface area contributed by atoms with Crippen molar-refractivity contribution in [3.63, 3.8) is 0 Å². The molecule has 1 aromatic heterocycles. The monoisotopic (exact) mass is 392 g/mol. The molecule has 3 rings (SSSR count). The number of hydrogen-bond donors (Lipinski definition) is 1. The van der Waals surface area contributed by atoms with Crippen molar-refractivity contribution in [3.8, 4) is 5.75 Å². The third kappa shape index (κ3) is 5.14. The second-order valence-corrected chi connectivity index (χ2v) is 7.47. The number of amides is 1. The van der Waals surface area contributed by atoms with Gasteiger partial charge in [0, 0.05) is 28.4 Å². The fourth-order valence-electron chi connectivity index (χ4n) is 2.83. The summed E-state index contributed by atoms with van der Waals surface area (Å²) in [5.41, 5.74) is 3.74. The van der Waals surface area contributed by atoms with Gasteiger partial charge in [-0.2, -0.15) is 0 Å². The average molecular weight is 393 g/mol. The number of hydrogen-bond acceptors (Lipinski definition) is 4. The van der Waals surface area contributed by atoms with Gasteiger partial charge in [-0.25, -0.2) is 0 Å². The van der Waals surface area contributed by atoms with E-state index in [4.69, 9.17) is 4.74 Å². The van der Waals surface area contributed by atoms with Crippen LogP contribution in [0.4, 0.5) is 0 Å². The maximum atomic E-state index is 12.7. The Morgan fingerprint density at radius 3 is 2.64 bits per heavy atom. The second-order valence-electron chi connectivity index (χ2n) is 6.59.